The zero-order valence-electron chi connectivity index (χ0n) is 10.2. The second-order valence-corrected chi connectivity index (χ2v) is 4.81. The van der Waals surface area contributed by atoms with Crippen LogP contribution in [0, 0.1) is 0 Å². The van der Waals surface area contributed by atoms with Crippen LogP contribution in [0.2, 0.25) is 0 Å². The topological polar surface area (TPSA) is 59.4 Å². The van der Waals surface area contributed by atoms with Crippen LogP contribution in [0.1, 0.15) is 6.42 Å². The fourth-order valence-corrected chi connectivity index (χ4v) is 2.05. The number of pyridine rings is 1. The number of aromatic hydroxyl groups is 1. The molecular weight excluding hydrogens is 262 g/mol. The molecule has 0 bridgehead atoms. The Kier molecular flexibility index (Phi) is 4.80. The highest BCUT2D eigenvalue weighted by atomic mass is 32.2. The molecule has 0 aliphatic heterocycles. The van der Waals surface area contributed by atoms with Gasteiger partial charge in [-0.2, -0.15) is 0 Å². The summed E-state index contributed by atoms with van der Waals surface area (Å²) in [5.41, 5.74) is 0. The molecule has 0 aliphatic rings. The van der Waals surface area contributed by atoms with Crippen molar-refractivity contribution in [2.75, 3.05) is 6.61 Å². The molecule has 1 aromatic carbocycles. The number of nitrogens with zero attached hydrogens (tertiary/aromatic N) is 1. The number of phenols is 1. The number of hydrogen-bond acceptors (Lipinski definition) is 5. The van der Waals surface area contributed by atoms with E-state index >= 15 is 0 Å². The number of phenolic OH excluding ortho intramolecular Hbond substituents is 1. The van der Waals surface area contributed by atoms with Gasteiger partial charge in [0.2, 0.25) is 0 Å². The summed E-state index contributed by atoms with van der Waals surface area (Å²) in [5, 5.41) is 9.82. The third-order valence-corrected chi connectivity index (χ3v) is 3.15. The van der Waals surface area contributed by atoms with Crippen LogP contribution in [0.3, 0.4) is 0 Å². The van der Waals surface area contributed by atoms with Gasteiger partial charge in [-0.25, -0.2) is 4.98 Å². The summed E-state index contributed by atoms with van der Waals surface area (Å²) in [5.74, 6) is 0.822. The van der Waals surface area contributed by atoms with Crippen molar-refractivity contribution in [3.63, 3.8) is 0 Å². The Labute approximate surface area is 115 Å². The van der Waals surface area contributed by atoms with Crippen LogP contribution in [-0.4, -0.2) is 21.8 Å². The Morgan fingerprint density at radius 1 is 1.21 bits per heavy atom. The summed E-state index contributed by atoms with van der Waals surface area (Å²) in [7, 11) is 0. The van der Waals surface area contributed by atoms with E-state index in [2.05, 4.69) is 4.98 Å². The molecule has 0 radical (unpaired) electrons. The average Bonchev–Trinajstić information content (AvgIpc) is 2.42. The molecule has 1 heterocycles. The Hall–Kier alpha value is -2.01. The van der Waals surface area contributed by atoms with Gasteiger partial charge in [0.25, 0.3) is 0 Å². The lowest BCUT2D eigenvalue weighted by molar-refractivity contribution is -0.111. The van der Waals surface area contributed by atoms with E-state index < -0.39 is 0 Å². The molecule has 1 N–H and O–H groups in total. The number of rotatable bonds is 5. The van der Waals surface area contributed by atoms with Crippen LogP contribution in [0.25, 0.3) is 0 Å². The second kappa shape index (κ2) is 6.80. The van der Waals surface area contributed by atoms with Gasteiger partial charge < -0.3 is 9.84 Å². The van der Waals surface area contributed by atoms with Crippen molar-refractivity contribution in [2.24, 2.45) is 0 Å². The lowest BCUT2D eigenvalue weighted by atomic mass is 10.3. The summed E-state index contributed by atoms with van der Waals surface area (Å²) in [6.07, 6.45) is 1.96. The van der Waals surface area contributed by atoms with Crippen molar-refractivity contribution in [3.05, 3.63) is 48.7 Å². The van der Waals surface area contributed by atoms with E-state index in [0.29, 0.717) is 23.8 Å². The third-order valence-electron chi connectivity index (χ3n) is 2.27. The van der Waals surface area contributed by atoms with Gasteiger partial charge in [-0.1, -0.05) is 6.07 Å². The van der Waals surface area contributed by atoms with Crippen LogP contribution in [0.5, 0.6) is 11.5 Å². The SMILES string of the molecule is O=C(CCOc1ccc(O)cc1)Sc1ccccn1. The molecule has 19 heavy (non-hydrogen) atoms. The maximum atomic E-state index is 11.7. The Morgan fingerprint density at radius 3 is 2.68 bits per heavy atom. The van der Waals surface area contributed by atoms with Gasteiger partial charge in [0.15, 0.2) is 5.12 Å². The molecular formula is C14H13NO3S. The molecule has 5 heteroatoms. The molecule has 0 amide bonds. The molecule has 4 nitrogen and oxygen atoms in total. The van der Waals surface area contributed by atoms with Gasteiger partial charge in [0.05, 0.1) is 13.0 Å². The second-order valence-electron chi connectivity index (χ2n) is 3.73. The first-order valence-corrected chi connectivity index (χ1v) is 6.59. The number of carbonyl (C=O) groups is 1. The number of aromatic nitrogens is 1. The summed E-state index contributed by atoms with van der Waals surface area (Å²) in [6, 6.07) is 11.8. The molecule has 0 fully saturated rings. The van der Waals surface area contributed by atoms with E-state index in [1.807, 2.05) is 12.1 Å². The molecule has 2 rings (SSSR count). The molecule has 1 aromatic heterocycles. The number of hydrogen-bond donors (Lipinski definition) is 1. The summed E-state index contributed by atoms with van der Waals surface area (Å²) < 4.78 is 5.40. The van der Waals surface area contributed by atoms with Crippen molar-refractivity contribution in [2.45, 2.75) is 11.4 Å². The monoisotopic (exact) mass is 275 g/mol. The van der Waals surface area contributed by atoms with E-state index in [1.54, 1.807) is 36.5 Å². The molecule has 0 saturated heterocycles. The first-order chi connectivity index (χ1) is 9.24. The minimum atomic E-state index is 0.0116. The molecule has 0 spiro atoms. The minimum Gasteiger partial charge on any atom is -0.508 e. The van der Waals surface area contributed by atoms with Crippen molar-refractivity contribution in [1.29, 1.82) is 0 Å². The minimum absolute atomic E-state index is 0.0116. The fourth-order valence-electron chi connectivity index (χ4n) is 1.37. The highest BCUT2D eigenvalue weighted by Gasteiger charge is 2.05. The van der Waals surface area contributed by atoms with Crippen LogP contribution < -0.4 is 4.74 Å². The van der Waals surface area contributed by atoms with Crippen LogP contribution in [0.15, 0.2) is 53.7 Å². The van der Waals surface area contributed by atoms with Gasteiger partial charge in [-0.3, -0.25) is 4.79 Å². The zero-order chi connectivity index (χ0) is 13.5. The highest BCUT2D eigenvalue weighted by molar-refractivity contribution is 8.13. The van der Waals surface area contributed by atoms with Crippen molar-refractivity contribution in [3.8, 4) is 11.5 Å². The number of carbonyl (C=O) groups excluding carboxylic acids is 1. The lowest BCUT2D eigenvalue weighted by Crippen LogP contribution is -2.03. The van der Waals surface area contributed by atoms with Crippen LogP contribution in [-0.2, 0) is 4.79 Å². The molecule has 0 unspecified atom stereocenters. The Bertz CT molecular complexity index is 528. The molecule has 0 atom stereocenters. The number of thioether (sulfide) groups is 1. The summed E-state index contributed by atoms with van der Waals surface area (Å²) >= 11 is 1.11. The van der Waals surface area contributed by atoms with Gasteiger partial charge in [-0.15, -0.1) is 0 Å². The zero-order valence-corrected chi connectivity index (χ0v) is 11.0. The van der Waals surface area contributed by atoms with Crippen molar-refractivity contribution >= 4 is 16.9 Å². The van der Waals surface area contributed by atoms with Gasteiger partial charge in [-0.05, 0) is 48.2 Å². The maximum Gasteiger partial charge on any atom is 0.198 e. The van der Waals surface area contributed by atoms with E-state index in [-0.39, 0.29) is 10.9 Å². The maximum absolute atomic E-state index is 11.7. The number of benzene rings is 1. The molecule has 0 saturated carbocycles. The molecule has 2 aromatic rings. The summed E-state index contributed by atoms with van der Waals surface area (Å²) in [6.45, 7) is 0.309. The highest BCUT2D eigenvalue weighted by Crippen LogP contribution is 2.18. The third kappa shape index (κ3) is 4.63. The van der Waals surface area contributed by atoms with Crippen LogP contribution in [0.4, 0.5) is 0 Å². The molecule has 98 valence electrons. The first-order valence-electron chi connectivity index (χ1n) is 5.77. The van der Waals surface area contributed by atoms with E-state index in [4.69, 9.17) is 9.84 Å². The van der Waals surface area contributed by atoms with Crippen molar-refractivity contribution < 1.29 is 14.6 Å². The summed E-state index contributed by atoms with van der Waals surface area (Å²) in [4.78, 5) is 15.7. The van der Waals surface area contributed by atoms with E-state index in [1.165, 1.54) is 0 Å². The van der Waals surface area contributed by atoms with Crippen LogP contribution >= 0.6 is 11.8 Å². The standard InChI is InChI=1S/C14H13NO3S/c16-11-4-6-12(7-5-11)18-10-8-14(17)19-13-3-1-2-9-15-13/h1-7,9,16H,8,10H2. The smallest absolute Gasteiger partial charge is 0.198 e. The Balaban J connectivity index is 1.74. The quantitative estimate of drug-likeness (QED) is 0.850. The van der Waals surface area contributed by atoms with Gasteiger partial charge >= 0.3 is 0 Å². The number of ether oxygens (including phenoxy) is 1. The average molecular weight is 275 g/mol. The van der Waals surface area contributed by atoms with E-state index in [0.717, 1.165) is 11.8 Å². The van der Waals surface area contributed by atoms with Gasteiger partial charge in [0, 0.05) is 6.20 Å². The van der Waals surface area contributed by atoms with E-state index in [9.17, 15) is 4.79 Å². The largest absolute Gasteiger partial charge is 0.508 e. The predicted molar refractivity (Wildman–Crippen MR) is 73.3 cm³/mol. The normalized spacial score (nSPS) is 10.1. The lowest BCUT2D eigenvalue weighted by Gasteiger charge is -2.05. The fraction of sp³-hybridized carbons (Fsp3) is 0.143. The van der Waals surface area contributed by atoms with Crippen molar-refractivity contribution in [1.82, 2.24) is 4.98 Å². The molecule has 0 aliphatic carbocycles. The predicted octanol–water partition coefficient (Wildman–Crippen LogP) is 2.88. The first kappa shape index (κ1) is 13.4. The van der Waals surface area contributed by atoms with Gasteiger partial charge in [0.1, 0.15) is 16.5 Å². The Morgan fingerprint density at radius 2 is 2.00 bits per heavy atom.